The summed E-state index contributed by atoms with van der Waals surface area (Å²) in [5.74, 6) is 0.238. The topological polar surface area (TPSA) is 9.23 Å². The zero-order chi connectivity index (χ0) is 13.1. The molecule has 0 aliphatic rings. The molecule has 0 spiro atoms. The molecular weight excluding hydrogens is 319 g/mol. The molecule has 0 unspecified atom stereocenters. The fourth-order valence-corrected chi connectivity index (χ4v) is 5.74. The molecule has 0 atom stereocenters. The van der Waals surface area contributed by atoms with Crippen LogP contribution in [0.15, 0.2) is 16.4 Å². The predicted octanol–water partition coefficient (Wildman–Crippen LogP) is 5.64. The average Bonchev–Trinajstić information content (AvgIpc) is 2.67. The average molecular weight is 337 g/mol. The minimum atomic E-state index is -1.75. The SMILES string of the molecule is C=C(O[Si](CC)(CC)CC)c1scc(Br)c1F. The van der Waals surface area contributed by atoms with E-state index in [9.17, 15) is 4.39 Å². The Morgan fingerprint density at radius 1 is 1.41 bits per heavy atom. The van der Waals surface area contributed by atoms with Gasteiger partial charge in [0.25, 0.3) is 8.32 Å². The van der Waals surface area contributed by atoms with Crippen LogP contribution < -0.4 is 0 Å². The standard InChI is InChI=1S/C12H18BrFOSSi/c1-5-17(6-2,7-3)15-9(4)12-11(14)10(13)8-16-12/h8H,4-7H2,1-3H3. The largest absolute Gasteiger partial charge is 0.543 e. The van der Waals surface area contributed by atoms with Crippen LogP contribution in [0.2, 0.25) is 18.1 Å². The highest BCUT2D eigenvalue weighted by Crippen LogP contribution is 2.34. The Morgan fingerprint density at radius 2 is 1.94 bits per heavy atom. The predicted molar refractivity (Wildman–Crippen MR) is 79.3 cm³/mol. The van der Waals surface area contributed by atoms with E-state index in [0.29, 0.717) is 15.1 Å². The van der Waals surface area contributed by atoms with Gasteiger partial charge in [-0.3, -0.25) is 0 Å². The van der Waals surface area contributed by atoms with Crippen LogP contribution in [0.4, 0.5) is 4.39 Å². The van der Waals surface area contributed by atoms with Crippen LogP contribution in [0, 0.1) is 5.82 Å². The van der Waals surface area contributed by atoms with Gasteiger partial charge in [0, 0.05) is 5.38 Å². The summed E-state index contributed by atoms with van der Waals surface area (Å²) in [5, 5.41) is 1.73. The number of rotatable bonds is 6. The monoisotopic (exact) mass is 336 g/mol. The van der Waals surface area contributed by atoms with Gasteiger partial charge in [0.1, 0.15) is 10.6 Å². The first-order chi connectivity index (χ1) is 7.99. The fourth-order valence-electron chi connectivity index (χ4n) is 1.78. The molecule has 0 saturated carbocycles. The van der Waals surface area contributed by atoms with Crippen molar-refractivity contribution in [3.05, 3.63) is 27.1 Å². The van der Waals surface area contributed by atoms with E-state index in [0.717, 1.165) is 18.1 Å². The first kappa shape index (κ1) is 14.9. The van der Waals surface area contributed by atoms with Crippen LogP contribution in [0.5, 0.6) is 0 Å². The number of hydrogen-bond donors (Lipinski definition) is 0. The number of thiophene rings is 1. The molecule has 0 aliphatic heterocycles. The zero-order valence-electron chi connectivity index (χ0n) is 10.5. The molecule has 96 valence electrons. The van der Waals surface area contributed by atoms with Crippen molar-refractivity contribution < 1.29 is 8.82 Å². The summed E-state index contributed by atoms with van der Waals surface area (Å²) in [7, 11) is -1.75. The second-order valence-electron chi connectivity index (χ2n) is 4.00. The van der Waals surface area contributed by atoms with Crippen molar-refractivity contribution in [2.75, 3.05) is 0 Å². The first-order valence-corrected chi connectivity index (χ1v) is 10.0. The van der Waals surface area contributed by atoms with Gasteiger partial charge < -0.3 is 4.43 Å². The van der Waals surface area contributed by atoms with Crippen LogP contribution in [0.3, 0.4) is 0 Å². The molecule has 0 aliphatic carbocycles. The molecule has 1 aromatic rings. The fraction of sp³-hybridized carbons (Fsp3) is 0.500. The molecule has 1 heterocycles. The van der Waals surface area contributed by atoms with Gasteiger partial charge in [0.2, 0.25) is 0 Å². The quantitative estimate of drug-likeness (QED) is 0.482. The molecule has 0 radical (unpaired) electrons. The van der Waals surface area contributed by atoms with Gasteiger partial charge in [0.05, 0.1) is 4.47 Å². The first-order valence-electron chi connectivity index (χ1n) is 5.80. The summed E-state index contributed by atoms with van der Waals surface area (Å²) in [6, 6.07) is 3.10. The van der Waals surface area contributed by atoms with E-state index < -0.39 is 8.32 Å². The molecule has 0 fully saturated rings. The number of hydrogen-bond acceptors (Lipinski definition) is 2. The van der Waals surface area contributed by atoms with E-state index in [1.54, 1.807) is 5.38 Å². The third kappa shape index (κ3) is 3.20. The van der Waals surface area contributed by atoms with Gasteiger partial charge in [0.15, 0.2) is 5.82 Å². The van der Waals surface area contributed by atoms with Crippen LogP contribution in [-0.2, 0) is 4.43 Å². The Balaban J connectivity index is 2.88. The summed E-state index contributed by atoms with van der Waals surface area (Å²) >= 11 is 4.50. The van der Waals surface area contributed by atoms with Crippen LogP contribution in [0.1, 0.15) is 25.6 Å². The van der Waals surface area contributed by atoms with Crippen molar-refractivity contribution in [1.82, 2.24) is 0 Å². The molecule has 0 saturated heterocycles. The van der Waals surface area contributed by atoms with Gasteiger partial charge in [-0.25, -0.2) is 4.39 Å². The van der Waals surface area contributed by atoms with Crippen LogP contribution in [0.25, 0.3) is 5.76 Å². The second kappa shape index (κ2) is 6.16. The van der Waals surface area contributed by atoms with Crippen molar-refractivity contribution in [2.45, 2.75) is 38.9 Å². The van der Waals surface area contributed by atoms with E-state index >= 15 is 0 Å². The zero-order valence-corrected chi connectivity index (χ0v) is 13.9. The maximum atomic E-state index is 13.7. The third-order valence-electron chi connectivity index (χ3n) is 3.22. The number of halogens is 2. The highest BCUT2D eigenvalue weighted by atomic mass is 79.9. The minimum Gasteiger partial charge on any atom is -0.543 e. The minimum absolute atomic E-state index is 0.258. The summed E-state index contributed by atoms with van der Waals surface area (Å²) < 4.78 is 20.3. The molecule has 0 N–H and O–H groups in total. The van der Waals surface area contributed by atoms with E-state index in [-0.39, 0.29) is 5.82 Å². The third-order valence-corrected chi connectivity index (χ3v) is 9.64. The highest BCUT2D eigenvalue weighted by Gasteiger charge is 2.32. The Kier molecular flexibility index (Phi) is 5.41. The molecule has 1 aromatic heterocycles. The van der Waals surface area contributed by atoms with E-state index in [1.165, 1.54) is 11.3 Å². The Hall–Kier alpha value is -0.133. The van der Waals surface area contributed by atoms with Gasteiger partial charge in [-0.1, -0.05) is 27.4 Å². The lowest BCUT2D eigenvalue weighted by molar-refractivity contribution is 0.488. The van der Waals surface area contributed by atoms with Crippen LogP contribution >= 0.6 is 27.3 Å². The molecule has 17 heavy (non-hydrogen) atoms. The molecule has 0 aromatic carbocycles. The lowest BCUT2D eigenvalue weighted by atomic mass is 10.4. The second-order valence-corrected chi connectivity index (χ2v) is 10.4. The van der Waals surface area contributed by atoms with Gasteiger partial charge in [-0.2, -0.15) is 0 Å². The molecule has 0 bridgehead atoms. The van der Waals surface area contributed by atoms with Crippen molar-refractivity contribution in [3.8, 4) is 0 Å². The summed E-state index contributed by atoms with van der Waals surface area (Å²) in [4.78, 5) is 0.518. The Labute approximate surface area is 116 Å². The van der Waals surface area contributed by atoms with E-state index in [4.69, 9.17) is 4.43 Å². The van der Waals surface area contributed by atoms with Crippen molar-refractivity contribution in [2.24, 2.45) is 0 Å². The summed E-state index contributed by atoms with van der Waals surface area (Å²) in [6.07, 6.45) is 0. The maximum Gasteiger partial charge on any atom is 0.250 e. The lowest BCUT2D eigenvalue weighted by Crippen LogP contribution is -2.34. The molecular formula is C12H18BrFOSSi. The van der Waals surface area contributed by atoms with Crippen molar-refractivity contribution in [3.63, 3.8) is 0 Å². The van der Waals surface area contributed by atoms with Crippen LogP contribution in [-0.4, -0.2) is 8.32 Å². The summed E-state index contributed by atoms with van der Waals surface area (Å²) in [6.45, 7) is 10.3. The lowest BCUT2D eigenvalue weighted by Gasteiger charge is -2.29. The summed E-state index contributed by atoms with van der Waals surface area (Å²) in [5.41, 5.74) is 0. The van der Waals surface area contributed by atoms with Crippen molar-refractivity contribution >= 4 is 41.3 Å². The normalized spacial score (nSPS) is 11.6. The smallest absolute Gasteiger partial charge is 0.250 e. The van der Waals surface area contributed by atoms with Gasteiger partial charge in [-0.15, -0.1) is 11.3 Å². The van der Waals surface area contributed by atoms with Crippen molar-refractivity contribution in [1.29, 1.82) is 0 Å². The Morgan fingerprint density at radius 3 is 2.29 bits per heavy atom. The molecule has 1 nitrogen and oxygen atoms in total. The maximum absolute atomic E-state index is 13.7. The van der Waals surface area contributed by atoms with Gasteiger partial charge in [-0.05, 0) is 34.1 Å². The van der Waals surface area contributed by atoms with E-state index in [1.807, 2.05) is 0 Å². The van der Waals surface area contributed by atoms with E-state index in [2.05, 4.69) is 43.3 Å². The molecule has 5 heteroatoms. The highest BCUT2D eigenvalue weighted by molar-refractivity contribution is 9.10. The Bertz CT molecular complexity index is 393. The van der Waals surface area contributed by atoms with Gasteiger partial charge >= 0.3 is 0 Å². The molecule has 0 amide bonds. The molecule has 1 rings (SSSR count).